The van der Waals surface area contributed by atoms with Gasteiger partial charge in [-0.1, -0.05) is 21.1 Å². The molecule has 60 valence electrons. The highest BCUT2D eigenvalue weighted by Crippen LogP contribution is 2.33. The molecule has 2 rings (SSSR count). The summed E-state index contributed by atoms with van der Waals surface area (Å²) in [7, 11) is 0. The van der Waals surface area contributed by atoms with E-state index in [1.54, 1.807) is 0 Å². The lowest BCUT2D eigenvalue weighted by Crippen LogP contribution is -1.93. The second-order valence-corrected chi connectivity index (χ2v) is 3.65. The zero-order valence-corrected chi connectivity index (χ0v) is 7.79. The third-order valence-corrected chi connectivity index (χ3v) is 2.23. The van der Waals surface area contributed by atoms with Crippen LogP contribution in [0.1, 0.15) is 24.6 Å². The van der Waals surface area contributed by atoms with Crippen molar-refractivity contribution < 1.29 is 0 Å². The van der Waals surface area contributed by atoms with Gasteiger partial charge in [-0.15, -0.1) is 5.10 Å². The maximum Gasteiger partial charge on any atom is 0.0835 e. The Morgan fingerprint density at radius 1 is 1.64 bits per heavy atom. The number of aryl methyl sites for hydroxylation is 1. The third kappa shape index (κ3) is 1.61. The van der Waals surface area contributed by atoms with Crippen LogP contribution in [0, 0.1) is 0 Å². The summed E-state index contributed by atoms with van der Waals surface area (Å²) in [6, 6.07) is 0.659. The van der Waals surface area contributed by atoms with Gasteiger partial charge in [0.25, 0.3) is 0 Å². The molecule has 0 aliphatic heterocycles. The van der Waals surface area contributed by atoms with Gasteiger partial charge in [0.15, 0.2) is 0 Å². The Hall–Kier alpha value is -0.380. The first kappa shape index (κ1) is 7.28. The van der Waals surface area contributed by atoms with E-state index in [-0.39, 0.29) is 0 Å². The molecule has 1 heterocycles. The van der Waals surface area contributed by atoms with E-state index in [9.17, 15) is 0 Å². The van der Waals surface area contributed by atoms with Crippen LogP contribution in [-0.4, -0.2) is 20.3 Å². The first-order valence-corrected chi connectivity index (χ1v) is 4.99. The highest BCUT2D eigenvalue weighted by atomic mass is 79.9. The molecule has 1 aromatic heterocycles. The van der Waals surface area contributed by atoms with Crippen molar-refractivity contribution in [2.45, 2.75) is 25.3 Å². The quantitative estimate of drug-likeness (QED) is 0.717. The lowest BCUT2D eigenvalue weighted by molar-refractivity contribution is 0.610. The van der Waals surface area contributed by atoms with Crippen LogP contribution in [0.3, 0.4) is 0 Å². The number of rotatable bonds is 3. The molecule has 0 radical (unpaired) electrons. The van der Waals surface area contributed by atoms with Gasteiger partial charge in [-0.2, -0.15) is 0 Å². The summed E-state index contributed by atoms with van der Waals surface area (Å²) >= 11 is 3.37. The molecular weight excluding hydrogens is 206 g/mol. The topological polar surface area (TPSA) is 30.7 Å². The number of hydrogen-bond acceptors (Lipinski definition) is 2. The average Bonchev–Trinajstić information content (AvgIpc) is 2.75. The molecule has 1 aliphatic carbocycles. The van der Waals surface area contributed by atoms with Crippen molar-refractivity contribution in [1.82, 2.24) is 15.0 Å². The molecule has 3 nitrogen and oxygen atoms in total. The Balaban J connectivity index is 2.06. The minimum Gasteiger partial charge on any atom is -0.249 e. The molecule has 1 aliphatic rings. The van der Waals surface area contributed by atoms with Gasteiger partial charge in [0.2, 0.25) is 0 Å². The van der Waals surface area contributed by atoms with Gasteiger partial charge in [-0.3, -0.25) is 0 Å². The van der Waals surface area contributed by atoms with Crippen molar-refractivity contribution in [2.24, 2.45) is 0 Å². The minimum absolute atomic E-state index is 0.659. The van der Waals surface area contributed by atoms with Crippen molar-refractivity contribution in [2.75, 3.05) is 5.33 Å². The Labute approximate surface area is 73.9 Å². The smallest absolute Gasteiger partial charge is 0.0835 e. The first-order chi connectivity index (χ1) is 5.40. The third-order valence-electron chi connectivity index (χ3n) is 1.83. The number of hydrogen-bond donors (Lipinski definition) is 0. The van der Waals surface area contributed by atoms with E-state index < -0.39 is 0 Å². The fourth-order valence-electron chi connectivity index (χ4n) is 1.04. The Bertz CT molecular complexity index is 242. The maximum atomic E-state index is 4.05. The molecule has 1 aromatic rings. The van der Waals surface area contributed by atoms with Gasteiger partial charge in [-0.25, -0.2) is 4.68 Å². The largest absolute Gasteiger partial charge is 0.249 e. The molecule has 0 bridgehead atoms. The lowest BCUT2D eigenvalue weighted by atomic mass is 10.4. The molecule has 0 saturated heterocycles. The second-order valence-electron chi connectivity index (χ2n) is 2.86. The van der Waals surface area contributed by atoms with E-state index in [1.807, 2.05) is 4.68 Å². The lowest BCUT2D eigenvalue weighted by Gasteiger charge is -1.90. The van der Waals surface area contributed by atoms with Gasteiger partial charge in [-0.05, 0) is 12.8 Å². The molecule has 1 fully saturated rings. The molecule has 0 amide bonds. The Morgan fingerprint density at radius 2 is 2.45 bits per heavy atom. The molecule has 0 unspecified atom stereocenters. The normalized spacial score (nSPS) is 17.2. The van der Waals surface area contributed by atoms with Gasteiger partial charge >= 0.3 is 0 Å². The molecule has 0 spiro atoms. The van der Waals surface area contributed by atoms with Gasteiger partial charge in [0.1, 0.15) is 0 Å². The molecule has 1 saturated carbocycles. The zero-order chi connectivity index (χ0) is 7.68. The summed E-state index contributed by atoms with van der Waals surface area (Å²) in [5.41, 5.74) is 1.09. The summed E-state index contributed by atoms with van der Waals surface area (Å²) in [6.07, 6.45) is 5.58. The molecule has 4 heteroatoms. The van der Waals surface area contributed by atoms with Crippen LogP contribution in [0.15, 0.2) is 6.20 Å². The Morgan fingerprint density at radius 3 is 3.09 bits per heavy atom. The van der Waals surface area contributed by atoms with Crippen LogP contribution in [0.25, 0.3) is 0 Å². The standard InChI is InChI=1S/C7H10BrN3/c8-4-3-6-5-11(10-9-6)7-1-2-7/h5,7H,1-4H2. The number of halogens is 1. The van der Waals surface area contributed by atoms with Crippen LogP contribution in [0.2, 0.25) is 0 Å². The van der Waals surface area contributed by atoms with E-state index >= 15 is 0 Å². The van der Waals surface area contributed by atoms with Crippen LogP contribution in [0.5, 0.6) is 0 Å². The fraction of sp³-hybridized carbons (Fsp3) is 0.714. The summed E-state index contributed by atoms with van der Waals surface area (Å²) < 4.78 is 1.98. The average molecular weight is 216 g/mol. The molecule has 0 atom stereocenters. The SMILES string of the molecule is BrCCc1cn(C2CC2)nn1. The van der Waals surface area contributed by atoms with Crippen molar-refractivity contribution in [3.8, 4) is 0 Å². The monoisotopic (exact) mass is 215 g/mol. The number of aromatic nitrogens is 3. The second kappa shape index (κ2) is 2.93. The van der Waals surface area contributed by atoms with E-state index in [0.717, 1.165) is 17.4 Å². The van der Waals surface area contributed by atoms with Crippen LogP contribution >= 0.6 is 15.9 Å². The summed E-state index contributed by atoms with van der Waals surface area (Å²) in [5, 5.41) is 9.06. The number of alkyl halides is 1. The van der Waals surface area contributed by atoms with Crippen molar-refractivity contribution >= 4 is 15.9 Å². The van der Waals surface area contributed by atoms with E-state index in [0.29, 0.717) is 6.04 Å². The molecule has 0 N–H and O–H groups in total. The first-order valence-electron chi connectivity index (χ1n) is 3.87. The molecule has 0 aromatic carbocycles. The van der Waals surface area contributed by atoms with Crippen molar-refractivity contribution in [1.29, 1.82) is 0 Å². The maximum absolute atomic E-state index is 4.05. The van der Waals surface area contributed by atoms with Crippen molar-refractivity contribution in [3.05, 3.63) is 11.9 Å². The van der Waals surface area contributed by atoms with Gasteiger partial charge < -0.3 is 0 Å². The highest BCUT2D eigenvalue weighted by Gasteiger charge is 2.24. The summed E-state index contributed by atoms with van der Waals surface area (Å²) in [5.74, 6) is 0. The predicted octanol–water partition coefficient (Wildman–Crippen LogP) is 1.55. The van der Waals surface area contributed by atoms with E-state index in [4.69, 9.17) is 0 Å². The molecule has 11 heavy (non-hydrogen) atoms. The summed E-state index contributed by atoms with van der Waals surface area (Å²) in [6.45, 7) is 0. The number of nitrogens with zero attached hydrogens (tertiary/aromatic N) is 3. The minimum atomic E-state index is 0.659. The van der Waals surface area contributed by atoms with E-state index in [1.165, 1.54) is 12.8 Å². The summed E-state index contributed by atoms with van der Waals surface area (Å²) in [4.78, 5) is 0. The van der Waals surface area contributed by atoms with Crippen LogP contribution in [-0.2, 0) is 6.42 Å². The van der Waals surface area contributed by atoms with E-state index in [2.05, 4.69) is 32.4 Å². The van der Waals surface area contributed by atoms with Crippen molar-refractivity contribution in [3.63, 3.8) is 0 Å². The van der Waals surface area contributed by atoms with Crippen LogP contribution < -0.4 is 0 Å². The van der Waals surface area contributed by atoms with Gasteiger partial charge in [0.05, 0.1) is 11.7 Å². The zero-order valence-electron chi connectivity index (χ0n) is 6.20. The Kier molecular flexibility index (Phi) is 1.94. The fourth-order valence-corrected chi connectivity index (χ4v) is 1.45. The highest BCUT2D eigenvalue weighted by molar-refractivity contribution is 9.09. The van der Waals surface area contributed by atoms with Gasteiger partial charge in [0, 0.05) is 17.9 Å². The van der Waals surface area contributed by atoms with Crippen LogP contribution in [0.4, 0.5) is 0 Å². The molecular formula is C7H10BrN3. The predicted molar refractivity (Wildman–Crippen MR) is 45.8 cm³/mol.